The number of nitrogens with one attached hydrogen (secondary N) is 2. The van der Waals surface area contributed by atoms with Gasteiger partial charge in [-0.1, -0.05) is 0 Å². The molecule has 66 valence electrons. The lowest BCUT2D eigenvalue weighted by atomic mass is 10.2. The molecule has 0 aliphatic carbocycles. The van der Waals surface area contributed by atoms with Crippen molar-refractivity contribution < 1.29 is 9.90 Å². The molecule has 3 N–H and O–H groups in total. The van der Waals surface area contributed by atoms with Crippen molar-refractivity contribution in [2.75, 3.05) is 13.7 Å². The SMILES string of the molecule is CN[C@@H](CO)C(=O)NC(C)C. The van der Waals surface area contributed by atoms with Crippen LogP contribution in [0.1, 0.15) is 13.8 Å². The minimum absolute atomic E-state index is 0.116. The van der Waals surface area contributed by atoms with Crippen molar-refractivity contribution in [3.63, 3.8) is 0 Å². The third-order valence-electron chi connectivity index (χ3n) is 1.28. The summed E-state index contributed by atoms with van der Waals surface area (Å²) in [5, 5.41) is 14.1. The monoisotopic (exact) mass is 160 g/mol. The number of aliphatic hydroxyl groups is 1. The van der Waals surface area contributed by atoms with E-state index in [1.807, 2.05) is 13.8 Å². The first-order valence-corrected chi connectivity index (χ1v) is 3.70. The first-order chi connectivity index (χ1) is 5.11. The number of hydrogen-bond acceptors (Lipinski definition) is 3. The molecule has 11 heavy (non-hydrogen) atoms. The summed E-state index contributed by atoms with van der Waals surface area (Å²) in [7, 11) is 1.64. The van der Waals surface area contributed by atoms with Crippen molar-refractivity contribution in [2.24, 2.45) is 0 Å². The van der Waals surface area contributed by atoms with Gasteiger partial charge >= 0.3 is 0 Å². The van der Waals surface area contributed by atoms with Crippen LogP contribution in [0.5, 0.6) is 0 Å². The van der Waals surface area contributed by atoms with Crippen LogP contribution in [0.4, 0.5) is 0 Å². The van der Waals surface area contributed by atoms with E-state index in [4.69, 9.17) is 5.11 Å². The van der Waals surface area contributed by atoms with E-state index < -0.39 is 6.04 Å². The molecule has 0 spiro atoms. The van der Waals surface area contributed by atoms with Crippen molar-refractivity contribution in [3.05, 3.63) is 0 Å². The van der Waals surface area contributed by atoms with Crippen molar-refractivity contribution in [2.45, 2.75) is 25.9 Å². The Morgan fingerprint density at radius 2 is 2.09 bits per heavy atom. The summed E-state index contributed by atoms with van der Waals surface area (Å²) in [4.78, 5) is 11.1. The fourth-order valence-electron chi connectivity index (χ4n) is 0.690. The highest BCUT2D eigenvalue weighted by atomic mass is 16.3. The fourth-order valence-corrected chi connectivity index (χ4v) is 0.690. The fraction of sp³-hybridized carbons (Fsp3) is 0.857. The van der Waals surface area contributed by atoms with Crippen LogP contribution in [0.2, 0.25) is 0 Å². The van der Waals surface area contributed by atoms with Crippen LogP contribution in [0.25, 0.3) is 0 Å². The molecular formula is C7H16N2O2. The molecule has 0 aliphatic heterocycles. The molecule has 0 saturated heterocycles. The minimum atomic E-state index is -0.489. The van der Waals surface area contributed by atoms with Crippen LogP contribution < -0.4 is 10.6 Å². The second kappa shape index (κ2) is 5.09. The second-order valence-corrected chi connectivity index (χ2v) is 2.69. The molecule has 1 amide bonds. The highest BCUT2D eigenvalue weighted by Gasteiger charge is 2.14. The molecule has 0 aromatic heterocycles. The molecule has 0 aliphatic rings. The van der Waals surface area contributed by atoms with Crippen LogP contribution in [-0.2, 0) is 4.79 Å². The third kappa shape index (κ3) is 3.95. The van der Waals surface area contributed by atoms with Gasteiger partial charge in [0.05, 0.1) is 6.61 Å². The lowest BCUT2D eigenvalue weighted by molar-refractivity contribution is -0.124. The van der Waals surface area contributed by atoms with Gasteiger partial charge < -0.3 is 15.7 Å². The molecule has 0 aromatic rings. The predicted molar refractivity (Wildman–Crippen MR) is 43.2 cm³/mol. The van der Waals surface area contributed by atoms with E-state index >= 15 is 0 Å². The Hall–Kier alpha value is -0.610. The Labute approximate surface area is 67.0 Å². The largest absolute Gasteiger partial charge is 0.394 e. The summed E-state index contributed by atoms with van der Waals surface area (Å²) in [5.41, 5.74) is 0. The number of amides is 1. The summed E-state index contributed by atoms with van der Waals surface area (Å²) < 4.78 is 0. The van der Waals surface area contributed by atoms with Gasteiger partial charge in [0.15, 0.2) is 0 Å². The van der Waals surface area contributed by atoms with E-state index in [-0.39, 0.29) is 18.6 Å². The van der Waals surface area contributed by atoms with Gasteiger partial charge in [0, 0.05) is 6.04 Å². The van der Waals surface area contributed by atoms with Crippen LogP contribution in [0.15, 0.2) is 0 Å². The Bertz CT molecular complexity index is 122. The molecule has 4 nitrogen and oxygen atoms in total. The van der Waals surface area contributed by atoms with Gasteiger partial charge in [-0.3, -0.25) is 4.79 Å². The molecule has 0 bridgehead atoms. The van der Waals surface area contributed by atoms with Crippen molar-refractivity contribution in [1.82, 2.24) is 10.6 Å². The zero-order valence-electron chi connectivity index (χ0n) is 7.22. The van der Waals surface area contributed by atoms with Gasteiger partial charge in [0.25, 0.3) is 0 Å². The van der Waals surface area contributed by atoms with Crippen molar-refractivity contribution in [3.8, 4) is 0 Å². The third-order valence-corrected chi connectivity index (χ3v) is 1.28. The summed E-state index contributed by atoms with van der Waals surface area (Å²) in [6, 6.07) is -0.373. The minimum Gasteiger partial charge on any atom is -0.394 e. The molecule has 0 rings (SSSR count). The van der Waals surface area contributed by atoms with E-state index in [1.54, 1.807) is 7.05 Å². The molecule has 0 saturated carbocycles. The maximum Gasteiger partial charge on any atom is 0.239 e. The van der Waals surface area contributed by atoms with Gasteiger partial charge in [-0.2, -0.15) is 0 Å². The zero-order chi connectivity index (χ0) is 8.85. The summed E-state index contributed by atoms with van der Waals surface area (Å²) in [6.07, 6.45) is 0. The summed E-state index contributed by atoms with van der Waals surface area (Å²) >= 11 is 0. The normalized spacial score (nSPS) is 13.2. The lowest BCUT2D eigenvalue weighted by Gasteiger charge is -2.14. The van der Waals surface area contributed by atoms with Gasteiger partial charge in [0.1, 0.15) is 6.04 Å². The number of rotatable bonds is 4. The van der Waals surface area contributed by atoms with Crippen LogP contribution in [-0.4, -0.2) is 36.8 Å². The Morgan fingerprint density at radius 3 is 2.36 bits per heavy atom. The number of carbonyl (C=O) groups excluding carboxylic acids is 1. The maximum atomic E-state index is 11.1. The first-order valence-electron chi connectivity index (χ1n) is 3.70. The molecular weight excluding hydrogens is 144 g/mol. The molecule has 0 unspecified atom stereocenters. The zero-order valence-corrected chi connectivity index (χ0v) is 7.22. The standard InChI is InChI=1S/C7H16N2O2/c1-5(2)9-7(11)6(4-10)8-3/h5-6,8,10H,4H2,1-3H3,(H,9,11)/t6-/m0/s1. The van der Waals surface area contributed by atoms with Gasteiger partial charge in [0.2, 0.25) is 5.91 Å². The van der Waals surface area contributed by atoms with E-state index in [2.05, 4.69) is 10.6 Å². The number of aliphatic hydroxyl groups excluding tert-OH is 1. The topological polar surface area (TPSA) is 61.4 Å². The quantitative estimate of drug-likeness (QED) is 0.499. The lowest BCUT2D eigenvalue weighted by Crippen LogP contribution is -2.47. The predicted octanol–water partition coefficient (Wildman–Crippen LogP) is -0.909. The van der Waals surface area contributed by atoms with E-state index in [1.165, 1.54) is 0 Å². The molecule has 0 fully saturated rings. The van der Waals surface area contributed by atoms with E-state index in [9.17, 15) is 4.79 Å². The number of hydrogen-bond donors (Lipinski definition) is 3. The highest BCUT2D eigenvalue weighted by molar-refractivity contribution is 5.82. The molecule has 0 aromatic carbocycles. The Kier molecular flexibility index (Phi) is 4.81. The molecule has 0 heterocycles. The maximum absolute atomic E-state index is 11.1. The molecule has 0 radical (unpaired) electrons. The average Bonchev–Trinajstić information content (AvgIpc) is 1.88. The summed E-state index contributed by atoms with van der Waals surface area (Å²) in [6.45, 7) is 3.58. The van der Waals surface area contributed by atoms with Gasteiger partial charge in [-0.15, -0.1) is 0 Å². The van der Waals surface area contributed by atoms with Gasteiger partial charge in [-0.05, 0) is 20.9 Å². The number of likely N-dealkylation sites (N-methyl/N-ethyl adjacent to an activating group) is 1. The van der Waals surface area contributed by atoms with Crippen LogP contribution >= 0.6 is 0 Å². The van der Waals surface area contributed by atoms with Crippen molar-refractivity contribution >= 4 is 5.91 Å². The van der Waals surface area contributed by atoms with Crippen molar-refractivity contribution in [1.29, 1.82) is 0 Å². The number of carbonyl (C=O) groups is 1. The Morgan fingerprint density at radius 1 is 1.55 bits per heavy atom. The van der Waals surface area contributed by atoms with Crippen LogP contribution in [0.3, 0.4) is 0 Å². The second-order valence-electron chi connectivity index (χ2n) is 2.69. The van der Waals surface area contributed by atoms with Gasteiger partial charge in [-0.25, -0.2) is 0 Å². The van der Waals surface area contributed by atoms with Crippen LogP contribution in [0, 0.1) is 0 Å². The summed E-state index contributed by atoms with van der Waals surface area (Å²) in [5.74, 6) is -0.162. The van der Waals surface area contributed by atoms with E-state index in [0.29, 0.717) is 0 Å². The average molecular weight is 160 g/mol. The molecule has 4 heteroatoms. The highest BCUT2D eigenvalue weighted by Crippen LogP contribution is 1.83. The Balaban J connectivity index is 3.79. The first kappa shape index (κ1) is 10.4. The smallest absolute Gasteiger partial charge is 0.239 e. The molecule has 1 atom stereocenters. The van der Waals surface area contributed by atoms with E-state index in [0.717, 1.165) is 0 Å².